The van der Waals surface area contributed by atoms with Gasteiger partial charge in [0.15, 0.2) is 11.5 Å². The van der Waals surface area contributed by atoms with Crippen molar-refractivity contribution in [1.29, 1.82) is 0 Å². The molecule has 0 bridgehead atoms. The maximum atomic E-state index is 11.7. The predicted octanol–water partition coefficient (Wildman–Crippen LogP) is 3.49. The van der Waals surface area contributed by atoms with Crippen LogP contribution in [-0.2, 0) is 6.42 Å². The average molecular weight is 498 g/mol. The Balaban J connectivity index is 1.25. The van der Waals surface area contributed by atoms with Gasteiger partial charge in [0.2, 0.25) is 0 Å². The highest BCUT2D eigenvalue weighted by atomic mass is 79.9. The van der Waals surface area contributed by atoms with Gasteiger partial charge in [0.25, 0.3) is 5.56 Å². The first kappa shape index (κ1) is 21.5. The van der Waals surface area contributed by atoms with Crippen molar-refractivity contribution in [3.8, 4) is 11.5 Å². The normalized spacial score (nSPS) is 18.2. The standard InChI is InChI=1S/C21H26BrClN4O3/c1-21(2)12-14-10-15(22)11-17(19(14)30-21)29-9-3-4-26-5-7-27(8-6-26)16-13-24-25-20(28)18(16)23/h10-11,13H,3-9,12H2,1-2H3,(H,25,28). The fraction of sp³-hybridized carbons (Fsp3) is 0.524. The molecule has 1 N–H and O–H groups in total. The topological polar surface area (TPSA) is 70.7 Å². The molecule has 0 radical (unpaired) electrons. The summed E-state index contributed by atoms with van der Waals surface area (Å²) in [5.74, 6) is 1.69. The molecule has 2 aliphatic rings. The lowest BCUT2D eigenvalue weighted by Gasteiger charge is -2.36. The predicted molar refractivity (Wildman–Crippen MR) is 121 cm³/mol. The van der Waals surface area contributed by atoms with E-state index < -0.39 is 0 Å². The van der Waals surface area contributed by atoms with Crippen molar-refractivity contribution >= 4 is 33.2 Å². The average Bonchev–Trinajstić information content (AvgIpc) is 3.01. The Morgan fingerprint density at radius 3 is 2.83 bits per heavy atom. The number of ether oxygens (including phenoxy) is 2. The first-order valence-corrected chi connectivity index (χ1v) is 11.3. The molecule has 1 aromatic carbocycles. The molecule has 162 valence electrons. The van der Waals surface area contributed by atoms with Crippen LogP contribution in [0.25, 0.3) is 0 Å². The molecule has 0 unspecified atom stereocenters. The van der Waals surface area contributed by atoms with Crippen molar-refractivity contribution in [2.45, 2.75) is 32.3 Å². The van der Waals surface area contributed by atoms with Crippen LogP contribution in [0.5, 0.6) is 11.5 Å². The molecule has 1 aromatic heterocycles. The zero-order chi connectivity index (χ0) is 21.3. The lowest BCUT2D eigenvalue weighted by molar-refractivity contribution is 0.131. The van der Waals surface area contributed by atoms with E-state index in [1.807, 2.05) is 6.07 Å². The first-order chi connectivity index (χ1) is 14.3. The number of benzene rings is 1. The number of nitrogens with one attached hydrogen (secondary N) is 1. The number of hydrogen-bond acceptors (Lipinski definition) is 6. The van der Waals surface area contributed by atoms with Crippen molar-refractivity contribution in [2.24, 2.45) is 0 Å². The van der Waals surface area contributed by atoms with E-state index in [4.69, 9.17) is 21.1 Å². The highest BCUT2D eigenvalue weighted by Crippen LogP contribution is 2.43. The molecule has 0 amide bonds. The second-order valence-corrected chi connectivity index (χ2v) is 9.65. The molecule has 2 aliphatic heterocycles. The first-order valence-electron chi connectivity index (χ1n) is 10.2. The van der Waals surface area contributed by atoms with Crippen molar-refractivity contribution in [3.63, 3.8) is 0 Å². The minimum Gasteiger partial charge on any atom is -0.490 e. The fourth-order valence-electron chi connectivity index (χ4n) is 4.03. The number of hydrogen-bond donors (Lipinski definition) is 1. The van der Waals surface area contributed by atoms with E-state index in [2.05, 4.69) is 55.8 Å². The van der Waals surface area contributed by atoms with Gasteiger partial charge in [-0.2, -0.15) is 5.10 Å². The minimum absolute atomic E-state index is 0.192. The monoisotopic (exact) mass is 496 g/mol. The molecule has 1 fully saturated rings. The molecule has 2 aromatic rings. The summed E-state index contributed by atoms with van der Waals surface area (Å²) in [5.41, 5.74) is 1.35. The molecular weight excluding hydrogens is 472 g/mol. The third kappa shape index (κ3) is 4.76. The van der Waals surface area contributed by atoms with Crippen LogP contribution in [0.3, 0.4) is 0 Å². The van der Waals surface area contributed by atoms with Gasteiger partial charge >= 0.3 is 0 Å². The largest absolute Gasteiger partial charge is 0.490 e. The number of fused-ring (bicyclic) bond motifs is 1. The van der Waals surface area contributed by atoms with E-state index in [1.54, 1.807) is 6.20 Å². The maximum absolute atomic E-state index is 11.7. The molecule has 0 atom stereocenters. The number of anilines is 1. The van der Waals surface area contributed by atoms with Crippen LogP contribution in [0.1, 0.15) is 25.8 Å². The summed E-state index contributed by atoms with van der Waals surface area (Å²) >= 11 is 9.70. The van der Waals surface area contributed by atoms with Crippen molar-refractivity contribution in [3.05, 3.63) is 43.7 Å². The minimum atomic E-state index is -0.347. The van der Waals surface area contributed by atoms with E-state index in [0.29, 0.717) is 12.3 Å². The van der Waals surface area contributed by atoms with E-state index >= 15 is 0 Å². The number of nitrogens with zero attached hydrogens (tertiary/aromatic N) is 3. The third-order valence-electron chi connectivity index (χ3n) is 5.46. The van der Waals surface area contributed by atoms with Gasteiger partial charge in [0.1, 0.15) is 10.6 Å². The van der Waals surface area contributed by atoms with E-state index in [9.17, 15) is 4.79 Å². The van der Waals surface area contributed by atoms with E-state index in [-0.39, 0.29) is 16.2 Å². The lowest BCUT2D eigenvalue weighted by Crippen LogP contribution is -2.47. The van der Waals surface area contributed by atoms with Gasteiger partial charge in [-0.25, -0.2) is 5.10 Å². The number of rotatable bonds is 6. The second kappa shape index (κ2) is 8.77. The maximum Gasteiger partial charge on any atom is 0.285 e. The van der Waals surface area contributed by atoms with Crippen LogP contribution in [0.4, 0.5) is 5.69 Å². The molecule has 9 heteroatoms. The van der Waals surface area contributed by atoms with Crippen molar-refractivity contribution < 1.29 is 9.47 Å². The summed E-state index contributed by atoms with van der Waals surface area (Å²) < 4.78 is 13.2. The smallest absolute Gasteiger partial charge is 0.285 e. The summed E-state index contributed by atoms with van der Waals surface area (Å²) in [7, 11) is 0. The number of H-pyrrole nitrogens is 1. The van der Waals surface area contributed by atoms with Crippen LogP contribution in [-0.4, -0.2) is 60.0 Å². The Kier molecular flexibility index (Phi) is 6.27. The van der Waals surface area contributed by atoms with Gasteiger partial charge in [-0.15, -0.1) is 0 Å². The van der Waals surface area contributed by atoms with E-state index in [0.717, 1.165) is 61.5 Å². The van der Waals surface area contributed by atoms with Gasteiger partial charge in [-0.1, -0.05) is 27.5 Å². The summed E-state index contributed by atoms with van der Waals surface area (Å²) in [5, 5.41) is 6.43. The number of aromatic amines is 1. The van der Waals surface area contributed by atoms with Crippen LogP contribution < -0.4 is 19.9 Å². The number of aromatic nitrogens is 2. The van der Waals surface area contributed by atoms with Gasteiger partial charge in [0, 0.05) is 49.2 Å². The SMILES string of the molecule is CC1(C)Cc2cc(Br)cc(OCCCN3CCN(c4cn[nH]c(=O)c4Cl)CC3)c2O1. The van der Waals surface area contributed by atoms with Crippen LogP contribution in [0.15, 0.2) is 27.6 Å². The highest BCUT2D eigenvalue weighted by molar-refractivity contribution is 9.10. The Bertz CT molecular complexity index is 973. The van der Waals surface area contributed by atoms with Crippen LogP contribution in [0.2, 0.25) is 5.02 Å². The van der Waals surface area contributed by atoms with Gasteiger partial charge in [-0.05, 0) is 32.4 Å². The van der Waals surface area contributed by atoms with Gasteiger partial charge in [0.05, 0.1) is 18.5 Å². The molecule has 0 aliphatic carbocycles. The Hall–Kier alpha value is -1.77. The van der Waals surface area contributed by atoms with Gasteiger partial charge in [-0.3, -0.25) is 9.69 Å². The van der Waals surface area contributed by atoms with Gasteiger partial charge < -0.3 is 14.4 Å². The molecular formula is C21H26BrClN4O3. The number of halogens is 2. The summed E-state index contributed by atoms with van der Waals surface area (Å²) in [6.45, 7) is 9.23. The summed E-state index contributed by atoms with van der Waals surface area (Å²) in [6.07, 6.45) is 3.43. The second-order valence-electron chi connectivity index (χ2n) is 8.36. The molecule has 0 spiro atoms. The summed E-state index contributed by atoms with van der Waals surface area (Å²) in [4.78, 5) is 16.2. The van der Waals surface area contributed by atoms with Crippen molar-refractivity contribution in [1.82, 2.24) is 15.1 Å². The molecule has 3 heterocycles. The van der Waals surface area contributed by atoms with Crippen molar-refractivity contribution in [2.75, 3.05) is 44.2 Å². The molecule has 4 rings (SSSR count). The quantitative estimate of drug-likeness (QED) is 0.616. The molecule has 0 saturated carbocycles. The zero-order valence-corrected chi connectivity index (χ0v) is 19.6. The van der Waals surface area contributed by atoms with E-state index in [1.165, 1.54) is 5.56 Å². The highest BCUT2D eigenvalue weighted by Gasteiger charge is 2.33. The fourth-order valence-corrected chi connectivity index (χ4v) is 4.72. The Morgan fingerprint density at radius 2 is 2.07 bits per heavy atom. The molecule has 7 nitrogen and oxygen atoms in total. The summed E-state index contributed by atoms with van der Waals surface area (Å²) in [6, 6.07) is 4.09. The zero-order valence-electron chi connectivity index (χ0n) is 17.2. The molecule has 1 saturated heterocycles. The third-order valence-corrected chi connectivity index (χ3v) is 6.28. The lowest BCUT2D eigenvalue weighted by atomic mass is 10.0. The van der Waals surface area contributed by atoms with Crippen LogP contribution in [0, 0.1) is 0 Å². The Morgan fingerprint density at radius 1 is 1.30 bits per heavy atom. The van der Waals surface area contributed by atoms with Crippen LogP contribution >= 0.6 is 27.5 Å². The number of piperazine rings is 1. The Labute approximate surface area is 189 Å². The molecule has 30 heavy (non-hydrogen) atoms.